The SMILES string of the molecule is CNc1ccccc1CCNC(C)=O. The molecule has 0 aliphatic carbocycles. The predicted molar refractivity (Wildman–Crippen MR) is 58.4 cm³/mol. The molecular formula is C11H16N2O. The molecule has 0 spiro atoms. The summed E-state index contributed by atoms with van der Waals surface area (Å²) < 4.78 is 0. The van der Waals surface area contributed by atoms with Crippen molar-refractivity contribution in [2.45, 2.75) is 13.3 Å². The molecule has 3 heteroatoms. The highest BCUT2D eigenvalue weighted by Crippen LogP contribution is 2.13. The second kappa shape index (κ2) is 5.27. The smallest absolute Gasteiger partial charge is 0.216 e. The number of benzene rings is 1. The molecule has 0 unspecified atom stereocenters. The summed E-state index contributed by atoms with van der Waals surface area (Å²) in [7, 11) is 1.90. The van der Waals surface area contributed by atoms with Gasteiger partial charge in [-0.1, -0.05) is 18.2 Å². The first-order valence-corrected chi connectivity index (χ1v) is 4.74. The Hall–Kier alpha value is -1.51. The molecule has 0 aliphatic heterocycles. The number of anilines is 1. The van der Waals surface area contributed by atoms with Crippen LogP contribution in [-0.2, 0) is 11.2 Å². The molecule has 76 valence electrons. The lowest BCUT2D eigenvalue weighted by molar-refractivity contribution is -0.118. The fourth-order valence-corrected chi connectivity index (χ4v) is 1.36. The number of amides is 1. The van der Waals surface area contributed by atoms with Gasteiger partial charge in [0.2, 0.25) is 5.91 Å². The number of nitrogens with one attached hydrogen (secondary N) is 2. The minimum atomic E-state index is 0.0203. The van der Waals surface area contributed by atoms with E-state index in [0.29, 0.717) is 6.54 Å². The lowest BCUT2D eigenvalue weighted by Crippen LogP contribution is -2.22. The second-order valence-corrected chi connectivity index (χ2v) is 3.14. The van der Waals surface area contributed by atoms with E-state index in [1.165, 1.54) is 12.5 Å². The van der Waals surface area contributed by atoms with Crippen LogP contribution in [0.15, 0.2) is 24.3 Å². The lowest BCUT2D eigenvalue weighted by Gasteiger charge is -2.08. The molecule has 0 fully saturated rings. The highest BCUT2D eigenvalue weighted by atomic mass is 16.1. The average Bonchev–Trinajstić information content (AvgIpc) is 2.18. The Labute approximate surface area is 84.5 Å². The quantitative estimate of drug-likeness (QED) is 0.757. The number of hydrogen-bond donors (Lipinski definition) is 2. The van der Waals surface area contributed by atoms with Crippen LogP contribution in [0.1, 0.15) is 12.5 Å². The Bertz CT molecular complexity index is 310. The van der Waals surface area contributed by atoms with Gasteiger partial charge in [-0.2, -0.15) is 0 Å². The third kappa shape index (κ3) is 3.09. The summed E-state index contributed by atoms with van der Waals surface area (Å²) >= 11 is 0. The minimum Gasteiger partial charge on any atom is -0.388 e. The Kier molecular flexibility index (Phi) is 3.98. The first kappa shape index (κ1) is 10.6. The van der Waals surface area contributed by atoms with Crippen molar-refractivity contribution in [2.75, 3.05) is 18.9 Å². The molecular weight excluding hydrogens is 176 g/mol. The van der Waals surface area contributed by atoms with E-state index < -0.39 is 0 Å². The van der Waals surface area contributed by atoms with Crippen molar-refractivity contribution in [1.29, 1.82) is 0 Å². The molecule has 0 saturated heterocycles. The average molecular weight is 192 g/mol. The van der Waals surface area contributed by atoms with Crippen LogP contribution in [0.4, 0.5) is 5.69 Å². The van der Waals surface area contributed by atoms with Gasteiger partial charge in [-0.3, -0.25) is 4.79 Å². The fraction of sp³-hybridized carbons (Fsp3) is 0.364. The summed E-state index contributed by atoms with van der Waals surface area (Å²) in [5.41, 5.74) is 2.35. The molecule has 1 aromatic carbocycles. The standard InChI is InChI=1S/C11H16N2O/c1-9(14)13-8-7-10-5-3-4-6-11(10)12-2/h3-6,12H,7-8H2,1-2H3,(H,13,14). The van der Waals surface area contributed by atoms with Crippen molar-refractivity contribution in [2.24, 2.45) is 0 Å². The number of para-hydroxylation sites is 1. The van der Waals surface area contributed by atoms with Crippen LogP contribution in [0.25, 0.3) is 0 Å². The largest absolute Gasteiger partial charge is 0.388 e. The fourth-order valence-electron chi connectivity index (χ4n) is 1.36. The van der Waals surface area contributed by atoms with Crippen molar-refractivity contribution in [3.05, 3.63) is 29.8 Å². The van der Waals surface area contributed by atoms with Gasteiger partial charge in [0, 0.05) is 26.2 Å². The van der Waals surface area contributed by atoms with Gasteiger partial charge in [0.15, 0.2) is 0 Å². The zero-order valence-corrected chi connectivity index (χ0v) is 8.63. The first-order chi connectivity index (χ1) is 6.74. The molecule has 1 aromatic rings. The van der Waals surface area contributed by atoms with Gasteiger partial charge < -0.3 is 10.6 Å². The van der Waals surface area contributed by atoms with E-state index in [1.54, 1.807) is 0 Å². The van der Waals surface area contributed by atoms with Crippen molar-refractivity contribution in [3.63, 3.8) is 0 Å². The molecule has 1 amide bonds. The molecule has 0 heterocycles. The molecule has 0 saturated carbocycles. The molecule has 0 aliphatic rings. The van der Waals surface area contributed by atoms with E-state index >= 15 is 0 Å². The van der Waals surface area contributed by atoms with Gasteiger partial charge in [0.05, 0.1) is 0 Å². The van der Waals surface area contributed by atoms with Crippen molar-refractivity contribution in [1.82, 2.24) is 5.32 Å². The topological polar surface area (TPSA) is 41.1 Å². The lowest BCUT2D eigenvalue weighted by atomic mass is 10.1. The van der Waals surface area contributed by atoms with Crippen LogP contribution < -0.4 is 10.6 Å². The summed E-state index contributed by atoms with van der Waals surface area (Å²) in [5.74, 6) is 0.0203. The van der Waals surface area contributed by atoms with Crippen LogP contribution in [0, 0.1) is 0 Å². The minimum absolute atomic E-state index is 0.0203. The number of carbonyl (C=O) groups is 1. The Balaban J connectivity index is 2.53. The summed E-state index contributed by atoms with van der Waals surface area (Å²) in [6.07, 6.45) is 0.858. The number of rotatable bonds is 4. The number of hydrogen-bond acceptors (Lipinski definition) is 2. The van der Waals surface area contributed by atoms with E-state index in [0.717, 1.165) is 12.1 Å². The van der Waals surface area contributed by atoms with Crippen molar-refractivity contribution < 1.29 is 4.79 Å². The van der Waals surface area contributed by atoms with Crippen LogP contribution in [0.3, 0.4) is 0 Å². The number of carbonyl (C=O) groups excluding carboxylic acids is 1. The molecule has 1 rings (SSSR count). The predicted octanol–water partition coefficient (Wildman–Crippen LogP) is 1.41. The van der Waals surface area contributed by atoms with Gasteiger partial charge in [-0.15, -0.1) is 0 Å². The third-order valence-electron chi connectivity index (χ3n) is 2.05. The van der Waals surface area contributed by atoms with Crippen LogP contribution in [0.2, 0.25) is 0 Å². The third-order valence-corrected chi connectivity index (χ3v) is 2.05. The summed E-state index contributed by atoms with van der Waals surface area (Å²) in [6, 6.07) is 8.09. The molecule has 0 bridgehead atoms. The van der Waals surface area contributed by atoms with E-state index in [9.17, 15) is 4.79 Å². The first-order valence-electron chi connectivity index (χ1n) is 4.74. The molecule has 0 atom stereocenters. The van der Waals surface area contributed by atoms with Crippen LogP contribution in [0.5, 0.6) is 0 Å². The maximum Gasteiger partial charge on any atom is 0.216 e. The van der Waals surface area contributed by atoms with Crippen molar-refractivity contribution >= 4 is 11.6 Å². The Morgan fingerprint density at radius 2 is 2.07 bits per heavy atom. The normalized spacial score (nSPS) is 9.57. The van der Waals surface area contributed by atoms with Gasteiger partial charge >= 0.3 is 0 Å². The van der Waals surface area contributed by atoms with E-state index in [2.05, 4.69) is 16.7 Å². The molecule has 14 heavy (non-hydrogen) atoms. The van der Waals surface area contributed by atoms with Gasteiger partial charge in [-0.05, 0) is 18.1 Å². The maximum atomic E-state index is 10.7. The van der Waals surface area contributed by atoms with E-state index in [4.69, 9.17) is 0 Å². The van der Waals surface area contributed by atoms with Gasteiger partial charge in [0.1, 0.15) is 0 Å². The summed E-state index contributed by atoms with van der Waals surface area (Å²) in [6.45, 7) is 2.22. The van der Waals surface area contributed by atoms with Gasteiger partial charge in [0.25, 0.3) is 0 Å². The van der Waals surface area contributed by atoms with Crippen molar-refractivity contribution in [3.8, 4) is 0 Å². The second-order valence-electron chi connectivity index (χ2n) is 3.14. The Morgan fingerprint density at radius 3 is 2.71 bits per heavy atom. The summed E-state index contributed by atoms with van der Waals surface area (Å²) in [4.78, 5) is 10.7. The van der Waals surface area contributed by atoms with Crippen LogP contribution >= 0.6 is 0 Å². The van der Waals surface area contributed by atoms with Crippen LogP contribution in [-0.4, -0.2) is 19.5 Å². The van der Waals surface area contributed by atoms with E-state index in [1.807, 2.05) is 25.2 Å². The highest BCUT2D eigenvalue weighted by molar-refractivity contribution is 5.72. The summed E-state index contributed by atoms with van der Waals surface area (Å²) in [5, 5.41) is 5.90. The van der Waals surface area contributed by atoms with Gasteiger partial charge in [-0.25, -0.2) is 0 Å². The Morgan fingerprint density at radius 1 is 1.36 bits per heavy atom. The molecule has 3 nitrogen and oxygen atoms in total. The highest BCUT2D eigenvalue weighted by Gasteiger charge is 1.99. The van der Waals surface area contributed by atoms with E-state index in [-0.39, 0.29) is 5.91 Å². The molecule has 0 aromatic heterocycles. The maximum absolute atomic E-state index is 10.7. The monoisotopic (exact) mass is 192 g/mol. The molecule has 2 N–H and O–H groups in total. The zero-order valence-electron chi connectivity index (χ0n) is 8.63. The molecule has 0 radical (unpaired) electrons. The zero-order chi connectivity index (χ0) is 10.4.